The number of carbonyl (C=O) groups excluding carboxylic acids is 2. The Morgan fingerprint density at radius 1 is 1.24 bits per heavy atom. The molecular weight excluding hydrogens is 268 g/mol. The molecule has 2 amide bonds. The van der Waals surface area contributed by atoms with Gasteiger partial charge in [-0.2, -0.15) is 0 Å². The number of nitrogens with zero attached hydrogens (tertiary/aromatic N) is 2. The molecule has 2 heterocycles. The van der Waals surface area contributed by atoms with Crippen LogP contribution < -0.4 is 4.90 Å². The zero-order valence-corrected chi connectivity index (χ0v) is 12.3. The van der Waals surface area contributed by atoms with Gasteiger partial charge in [0.15, 0.2) is 0 Å². The number of amides is 2. The van der Waals surface area contributed by atoms with E-state index in [2.05, 4.69) is 6.07 Å². The molecule has 3 rings (SSSR count). The van der Waals surface area contributed by atoms with E-state index in [1.54, 1.807) is 11.9 Å². The zero-order chi connectivity index (χ0) is 14.8. The average Bonchev–Trinajstić information content (AvgIpc) is 2.52. The molecule has 1 aromatic carbocycles. The van der Waals surface area contributed by atoms with Crippen LogP contribution in [0.1, 0.15) is 17.5 Å². The molecule has 0 bridgehead atoms. The van der Waals surface area contributed by atoms with Crippen molar-refractivity contribution < 1.29 is 14.3 Å². The number of hydrogen-bond donors (Lipinski definition) is 0. The molecular formula is C16H20N2O3. The second kappa shape index (κ2) is 5.85. The predicted octanol–water partition coefficient (Wildman–Crippen LogP) is 0.997. The molecule has 2 aliphatic rings. The molecule has 0 aromatic heterocycles. The van der Waals surface area contributed by atoms with Crippen molar-refractivity contribution in [2.24, 2.45) is 0 Å². The van der Waals surface area contributed by atoms with E-state index < -0.39 is 0 Å². The van der Waals surface area contributed by atoms with Gasteiger partial charge in [0.1, 0.15) is 0 Å². The first-order valence-corrected chi connectivity index (χ1v) is 7.39. The van der Waals surface area contributed by atoms with Gasteiger partial charge < -0.3 is 14.5 Å². The number of benzene rings is 1. The highest BCUT2D eigenvalue weighted by Crippen LogP contribution is 2.27. The first-order chi connectivity index (χ1) is 10.1. The third-order valence-electron chi connectivity index (χ3n) is 4.21. The van der Waals surface area contributed by atoms with Crippen molar-refractivity contribution in [3.05, 3.63) is 29.3 Å². The minimum absolute atomic E-state index is 0.151. The fourth-order valence-electron chi connectivity index (χ4n) is 2.92. The molecule has 5 nitrogen and oxygen atoms in total. The van der Waals surface area contributed by atoms with Gasteiger partial charge in [-0.05, 0) is 23.6 Å². The van der Waals surface area contributed by atoms with Gasteiger partial charge in [0.05, 0.1) is 19.6 Å². The van der Waals surface area contributed by atoms with Crippen LogP contribution in [0.3, 0.4) is 0 Å². The molecule has 0 unspecified atom stereocenters. The third kappa shape index (κ3) is 2.93. The summed E-state index contributed by atoms with van der Waals surface area (Å²) in [6.45, 7) is 2.62. The number of carbonyl (C=O) groups is 2. The van der Waals surface area contributed by atoms with Gasteiger partial charge in [-0.1, -0.05) is 12.1 Å². The Labute approximate surface area is 124 Å². The fourth-order valence-corrected chi connectivity index (χ4v) is 2.92. The molecule has 1 aromatic rings. The van der Waals surface area contributed by atoms with Crippen LogP contribution in [0.15, 0.2) is 18.2 Å². The Morgan fingerprint density at radius 3 is 2.76 bits per heavy atom. The number of anilines is 1. The molecule has 0 saturated carbocycles. The summed E-state index contributed by atoms with van der Waals surface area (Å²) >= 11 is 0. The normalized spacial score (nSPS) is 18.6. The predicted molar refractivity (Wildman–Crippen MR) is 79.3 cm³/mol. The van der Waals surface area contributed by atoms with Crippen molar-refractivity contribution in [3.8, 4) is 0 Å². The Kier molecular flexibility index (Phi) is 3.92. The lowest BCUT2D eigenvalue weighted by Gasteiger charge is -2.28. The Bertz CT molecular complexity index is 565. The summed E-state index contributed by atoms with van der Waals surface area (Å²) in [6.07, 6.45) is 1.73. The highest BCUT2D eigenvalue weighted by Gasteiger charge is 2.22. The standard InChI is InChI=1S/C16H20N2O3/c1-17-14-4-2-12(10-13(14)3-5-15(17)19)11-16(20)18-6-8-21-9-7-18/h2,4,10H,3,5-9,11H2,1H3. The molecule has 1 saturated heterocycles. The highest BCUT2D eigenvalue weighted by atomic mass is 16.5. The lowest BCUT2D eigenvalue weighted by molar-refractivity contribution is -0.134. The number of hydrogen-bond acceptors (Lipinski definition) is 3. The number of ether oxygens (including phenoxy) is 1. The van der Waals surface area contributed by atoms with E-state index >= 15 is 0 Å². The first-order valence-electron chi connectivity index (χ1n) is 7.39. The van der Waals surface area contributed by atoms with Gasteiger partial charge in [0, 0.05) is 32.2 Å². The molecule has 0 aliphatic carbocycles. The van der Waals surface area contributed by atoms with E-state index in [9.17, 15) is 9.59 Å². The van der Waals surface area contributed by atoms with E-state index in [1.165, 1.54) is 0 Å². The van der Waals surface area contributed by atoms with Gasteiger partial charge >= 0.3 is 0 Å². The largest absolute Gasteiger partial charge is 0.378 e. The van der Waals surface area contributed by atoms with Crippen LogP contribution in [-0.2, 0) is 27.2 Å². The van der Waals surface area contributed by atoms with E-state index in [0.717, 1.165) is 23.2 Å². The summed E-state index contributed by atoms with van der Waals surface area (Å²) < 4.78 is 5.27. The quantitative estimate of drug-likeness (QED) is 0.815. The number of rotatable bonds is 2. The first kappa shape index (κ1) is 14.1. The second-order valence-electron chi connectivity index (χ2n) is 5.59. The van der Waals surface area contributed by atoms with Crippen LogP contribution >= 0.6 is 0 Å². The molecule has 5 heteroatoms. The smallest absolute Gasteiger partial charge is 0.227 e. The van der Waals surface area contributed by atoms with Crippen LogP contribution in [0.25, 0.3) is 0 Å². The van der Waals surface area contributed by atoms with Crippen LogP contribution in [0.2, 0.25) is 0 Å². The summed E-state index contributed by atoms with van der Waals surface area (Å²) in [5.74, 6) is 0.304. The lowest BCUT2D eigenvalue weighted by Crippen LogP contribution is -2.41. The maximum Gasteiger partial charge on any atom is 0.227 e. The SMILES string of the molecule is CN1C(=O)CCc2cc(CC(=O)N3CCOCC3)ccc21. The number of fused-ring (bicyclic) bond motifs is 1. The van der Waals surface area contributed by atoms with Crippen LogP contribution in [-0.4, -0.2) is 50.1 Å². The van der Waals surface area contributed by atoms with Crippen molar-refractivity contribution in [3.63, 3.8) is 0 Å². The summed E-state index contributed by atoms with van der Waals surface area (Å²) in [7, 11) is 1.80. The second-order valence-corrected chi connectivity index (χ2v) is 5.59. The van der Waals surface area contributed by atoms with Gasteiger partial charge in [-0.15, -0.1) is 0 Å². The molecule has 21 heavy (non-hydrogen) atoms. The maximum absolute atomic E-state index is 12.3. The van der Waals surface area contributed by atoms with Gasteiger partial charge in [-0.3, -0.25) is 9.59 Å². The fraction of sp³-hybridized carbons (Fsp3) is 0.500. The molecule has 1 fully saturated rings. The summed E-state index contributed by atoms with van der Waals surface area (Å²) in [4.78, 5) is 27.5. The van der Waals surface area contributed by atoms with Crippen molar-refractivity contribution in [2.45, 2.75) is 19.3 Å². The van der Waals surface area contributed by atoms with Gasteiger partial charge in [0.2, 0.25) is 11.8 Å². The van der Waals surface area contributed by atoms with Crippen molar-refractivity contribution in [2.75, 3.05) is 38.3 Å². The number of morpholine rings is 1. The van der Waals surface area contributed by atoms with E-state index in [0.29, 0.717) is 39.1 Å². The molecule has 2 aliphatic heterocycles. The number of aryl methyl sites for hydroxylation is 1. The minimum atomic E-state index is 0.151. The molecule has 0 N–H and O–H groups in total. The van der Waals surface area contributed by atoms with Crippen LogP contribution in [0.5, 0.6) is 0 Å². The molecule has 112 valence electrons. The summed E-state index contributed by atoms with van der Waals surface area (Å²) in [5.41, 5.74) is 3.14. The molecule has 0 spiro atoms. The van der Waals surface area contributed by atoms with Gasteiger partial charge in [-0.25, -0.2) is 0 Å². The zero-order valence-electron chi connectivity index (χ0n) is 12.3. The van der Waals surface area contributed by atoms with Gasteiger partial charge in [0.25, 0.3) is 0 Å². The van der Waals surface area contributed by atoms with E-state index in [1.807, 2.05) is 17.0 Å². The van der Waals surface area contributed by atoms with E-state index in [4.69, 9.17) is 4.74 Å². The van der Waals surface area contributed by atoms with Crippen molar-refractivity contribution in [1.29, 1.82) is 0 Å². The topological polar surface area (TPSA) is 49.9 Å². The Morgan fingerprint density at radius 2 is 2.00 bits per heavy atom. The average molecular weight is 288 g/mol. The van der Waals surface area contributed by atoms with Crippen LogP contribution in [0.4, 0.5) is 5.69 Å². The van der Waals surface area contributed by atoms with Crippen molar-refractivity contribution >= 4 is 17.5 Å². The lowest BCUT2D eigenvalue weighted by atomic mass is 9.98. The van der Waals surface area contributed by atoms with E-state index in [-0.39, 0.29) is 11.8 Å². The minimum Gasteiger partial charge on any atom is -0.378 e. The molecule has 0 atom stereocenters. The monoisotopic (exact) mass is 288 g/mol. The third-order valence-corrected chi connectivity index (χ3v) is 4.21. The maximum atomic E-state index is 12.3. The summed E-state index contributed by atoms with van der Waals surface area (Å²) in [6, 6.07) is 5.97. The molecule has 0 radical (unpaired) electrons. The summed E-state index contributed by atoms with van der Waals surface area (Å²) in [5, 5.41) is 0. The Balaban J connectivity index is 1.72. The van der Waals surface area contributed by atoms with Crippen molar-refractivity contribution in [1.82, 2.24) is 4.90 Å². The Hall–Kier alpha value is -1.88. The van der Waals surface area contributed by atoms with Crippen LogP contribution in [0, 0.1) is 0 Å². The highest BCUT2D eigenvalue weighted by molar-refractivity contribution is 5.96.